The SMILES string of the molecule is COc1ccc(NC(C)=O)cc1NCc1cc(=O)oc2cc(Br)ccc12. The normalized spacial score (nSPS) is 10.6. The molecule has 0 saturated carbocycles. The first-order valence-corrected chi connectivity index (χ1v) is 8.67. The number of carbonyl (C=O) groups excluding carboxylic acids is 1. The highest BCUT2D eigenvalue weighted by atomic mass is 79.9. The van der Waals surface area contributed by atoms with Crippen LogP contribution in [0.3, 0.4) is 0 Å². The van der Waals surface area contributed by atoms with Crippen molar-refractivity contribution in [3.8, 4) is 5.75 Å². The molecule has 134 valence electrons. The van der Waals surface area contributed by atoms with Crippen molar-refractivity contribution >= 4 is 44.2 Å². The molecule has 0 spiro atoms. The van der Waals surface area contributed by atoms with Gasteiger partial charge in [0.25, 0.3) is 0 Å². The number of hydrogen-bond donors (Lipinski definition) is 2. The minimum Gasteiger partial charge on any atom is -0.495 e. The molecule has 1 aromatic heterocycles. The number of amides is 1. The lowest BCUT2D eigenvalue weighted by Gasteiger charge is -2.14. The molecule has 3 rings (SSSR count). The van der Waals surface area contributed by atoms with Gasteiger partial charge in [0.1, 0.15) is 11.3 Å². The van der Waals surface area contributed by atoms with Crippen LogP contribution in [0, 0.1) is 0 Å². The zero-order valence-corrected chi connectivity index (χ0v) is 15.8. The first kappa shape index (κ1) is 18.0. The van der Waals surface area contributed by atoms with Gasteiger partial charge in [-0.05, 0) is 42.0 Å². The van der Waals surface area contributed by atoms with E-state index >= 15 is 0 Å². The predicted octanol–water partition coefficient (Wildman–Crippen LogP) is 4.13. The number of methoxy groups -OCH3 is 1. The van der Waals surface area contributed by atoms with Crippen LogP contribution in [-0.2, 0) is 11.3 Å². The number of hydrogen-bond acceptors (Lipinski definition) is 5. The Kier molecular flexibility index (Phi) is 5.27. The Morgan fingerprint density at radius 1 is 1.19 bits per heavy atom. The monoisotopic (exact) mass is 416 g/mol. The maximum absolute atomic E-state index is 11.8. The van der Waals surface area contributed by atoms with Crippen LogP contribution in [-0.4, -0.2) is 13.0 Å². The second-order valence-electron chi connectivity index (χ2n) is 5.68. The molecule has 1 amide bonds. The summed E-state index contributed by atoms with van der Waals surface area (Å²) in [4.78, 5) is 23.1. The fourth-order valence-corrected chi connectivity index (χ4v) is 3.01. The van der Waals surface area contributed by atoms with E-state index in [2.05, 4.69) is 26.6 Å². The Morgan fingerprint density at radius 2 is 2.00 bits per heavy atom. The van der Waals surface area contributed by atoms with Gasteiger partial charge in [-0.1, -0.05) is 15.9 Å². The third-order valence-corrected chi connectivity index (χ3v) is 4.27. The topological polar surface area (TPSA) is 80.6 Å². The van der Waals surface area contributed by atoms with Gasteiger partial charge in [-0.3, -0.25) is 4.79 Å². The molecule has 0 unspecified atom stereocenters. The summed E-state index contributed by atoms with van der Waals surface area (Å²) in [6, 6.07) is 12.3. The van der Waals surface area contributed by atoms with Crippen molar-refractivity contribution in [2.75, 3.05) is 17.7 Å². The van der Waals surface area contributed by atoms with E-state index in [1.165, 1.54) is 13.0 Å². The van der Waals surface area contributed by atoms with Gasteiger partial charge in [0.15, 0.2) is 0 Å². The van der Waals surface area contributed by atoms with Gasteiger partial charge in [-0.25, -0.2) is 4.79 Å². The molecule has 6 nitrogen and oxygen atoms in total. The molecule has 2 aromatic carbocycles. The third-order valence-electron chi connectivity index (χ3n) is 3.78. The maximum atomic E-state index is 11.8. The van der Waals surface area contributed by atoms with E-state index < -0.39 is 5.63 Å². The summed E-state index contributed by atoms with van der Waals surface area (Å²) in [5.41, 5.74) is 2.27. The Labute approximate surface area is 158 Å². The standard InChI is InChI=1S/C19H17BrN2O4/c1-11(23)22-14-4-6-17(25-2)16(9-14)21-10-12-7-19(24)26-18-8-13(20)3-5-15(12)18/h3-9,21H,10H2,1-2H3,(H,22,23). The Bertz CT molecular complexity index is 1030. The second kappa shape index (κ2) is 7.61. The number of rotatable bonds is 5. The summed E-state index contributed by atoms with van der Waals surface area (Å²) >= 11 is 3.37. The van der Waals surface area contributed by atoms with E-state index in [1.807, 2.05) is 12.1 Å². The van der Waals surface area contributed by atoms with Crippen LogP contribution in [0.25, 0.3) is 11.0 Å². The molecule has 3 aromatic rings. The molecular formula is C19H17BrN2O4. The van der Waals surface area contributed by atoms with E-state index in [0.29, 0.717) is 29.3 Å². The molecule has 0 aliphatic heterocycles. The number of ether oxygens (including phenoxy) is 1. The third kappa shape index (κ3) is 4.05. The van der Waals surface area contributed by atoms with Crippen LogP contribution in [0.2, 0.25) is 0 Å². The fraction of sp³-hybridized carbons (Fsp3) is 0.158. The Hall–Kier alpha value is -2.80. The Balaban J connectivity index is 1.92. The van der Waals surface area contributed by atoms with Crippen LogP contribution < -0.4 is 21.0 Å². The van der Waals surface area contributed by atoms with E-state index in [4.69, 9.17) is 9.15 Å². The number of halogens is 1. The van der Waals surface area contributed by atoms with E-state index in [-0.39, 0.29) is 5.91 Å². The first-order chi connectivity index (χ1) is 12.5. The van der Waals surface area contributed by atoms with E-state index in [0.717, 1.165) is 15.4 Å². The molecule has 0 bridgehead atoms. The van der Waals surface area contributed by atoms with Gasteiger partial charge in [0, 0.05) is 35.1 Å². The highest BCUT2D eigenvalue weighted by Gasteiger charge is 2.09. The lowest BCUT2D eigenvalue weighted by molar-refractivity contribution is -0.114. The van der Waals surface area contributed by atoms with E-state index in [9.17, 15) is 9.59 Å². The summed E-state index contributed by atoms with van der Waals surface area (Å²) in [5, 5.41) is 6.84. The van der Waals surface area contributed by atoms with Gasteiger partial charge in [0.05, 0.1) is 12.8 Å². The highest BCUT2D eigenvalue weighted by molar-refractivity contribution is 9.10. The molecule has 2 N–H and O–H groups in total. The molecule has 1 heterocycles. The Morgan fingerprint density at radius 3 is 2.73 bits per heavy atom. The van der Waals surface area contributed by atoms with Crippen molar-refractivity contribution < 1.29 is 13.9 Å². The zero-order chi connectivity index (χ0) is 18.7. The molecule has 0 atom stereocenters. The summed E-state index contributed by atoms with van der Waals surface area (Å²) < 4.78 is 11.5. The van der Waals surface area contributed by atoms with Crippen LogP contribution in [0.4, 0.5) is 11.4 Å². The van der Waals surface area contributed by atoms with E-state index in [1.54, 1.807) is 31.4 Å². The number of fused-ring (bicyclic) bond motifs is 1. The summed E-state index contributed by atoms with van der Waals surface area (Å²) in [6.45, 7) is 1.84. The second-order valence-corrected chi connectivity index (χ2v) is 6.60. The highest BCUT2D eigenvalue weighted by Crippen LogP contribution is 2.29. The van der Waals surface area contributed by atoms with Crippen LogP contribution in [0.1, 0.15) is 12.5 Å². The van der Waals surface area contributed by atoms with Crippen LogP contribution in [0.15, 0.2) is 56.1 Å². The van der Waals surface area contributed by atoms with Crippen molar-refractivity contribution in [3.63, 3.8) is 0 Å². The van der Waals surface area contributed by atoms with Crippen LogP contribution >= 0.6 is 15.9 Å². The largest absolute Gasteiger partial charge is 0.495 e. The maximum Gasteiger partial charge on any atom is 0.336 e. The fourth-order valence-electron chi connectivity index (χ4n) is 2.67. The quantitative estimate of drug-likeness (QED) is 0.611. The minimum atomic E-state index is -0.411. The number of benzene rings is 2. The molecule has 0 aliphatic carbocycles. The van der Waals surface area contributed by atoms with Gasteiger partial charge >= 0.3 is 5.63 Å². The van der Waals surface area contributed by atoms with Gasteiger partial charge in [-0.15, -0.1) is 0 Å². The molecule has 0 fully saturated rings. The lowest BCUT2D eigenvalue weighted by atomic mass is 10.1. The van der Waals surface area contributed by atoms with Crippen molar-refractivity contribution in [3.05, 3.63) is 62.9 Å². The van der Waals surface area contributed by atoms with Crippen molar-refractivity contribution in [2.45, 2.75) is 13.5 Å². The lowest BCUT2D eigenvalue weighted by Crippen LogP contribution is -2.08. The molecule has 26 heavy (non-hydrogen) atoms. The minimum absolute atomic E-state index is 0.154. The van der Waals surface area contributed by atoms with Gasteiger partial charge in [0.2, 0.25) is 5.91 Å². The number of carbonyl (C=O) groups is 1. The molecule has 0 saturated heterocycles. The van der Waals surface area contributed by atoms with Crippen molar-refractivity contribution in [1.29, 1.82) is 0 Å². The zero-order valence-electron chi connectivity index (χ0n) is 14.3. The van der Waals surface area contributed by atoms with Crippen molar-refractivity contribution in [1.82, 2.24) is 0 Å². The number of anilines is 2. The number of nitrogens with one attached hydrogen (secondary N) is 2. The molecule has 0 radical (unpaired) electrons. The average molecular weight is 417 g/mol. The summed E-state index contributed by atoms with van der Waals surface area (Å²) in [5.74, 6) is 0.479. The average Bonchev–Trinajstić information content (AvgIpc) is 2.58. The van der Waals surface area contributed by atoms with Crippen LogP contribution in [0.5, 0.6) is 5.75 Å². The molecule has 7 heteroatoms. The smallest absolute Gasteiger partial charge is 0.336 e. The van der Waals surface area contributed by atoms with Gasteiger partial charge in [-0.2, -0.15) is 0 Å². The van der Waals surface area contributed by atoms with Gasteiger partial charge < -0.3 is 19.8 Å². The molecule has 0 aliphatic rings. The summed E-state index contributed by atoms with van der Waals surface area (Å²) in [6.07, 6.45) is 0. The molecular weight excluding hydrogens is 400 g/mol. The van der Waals surface area contributed by atoms with Crippen molar-refractivity contribution in [2.24, 2.45) is 0 Å². The summed E-state index contributed by atoms with van der Waals surface area (Å²) in [7, 11) is 1.57. The predicted molar refractivity (Wildman–Crippen MR) is 105 cm³/mol. The first-order valence-electron chi connectivity index (χ1n) is 7.88.